The molecule has 1 amide bonds. The van der Waals surface area contributed by atoms with Gasteiger partial charge in [-0.1, -0.05) is 26.0 Å². The summed E-state index contributed by atoms with van der Waals surface area (Å²) in [5.74, 6) is -0.0213. The molecule has 0 aliphatic rings. The van der Waals surface area contributed by atoms with Gasteiger partial charge in [0.15, 0.2) is 0 Å². The van der Waals surface area contributed by atoms with Gasteiger partial charge in [-0.05, 0) is 24.6 Å². The number of carbonyl (C=O) groups excluding carboxylic acids is 1. The van der Waals surface area contributed by atoms with Crippen molar-refractivity contribution in [3.63, 3.8) is 0 Å². The maximum atomic E-state index is 13.2. The molecule has 4 heteroatoms. The lowest BCUT2D eigenvalue weighted by Gasteiger charge is -2.08. The Bertz CT molecular complexity index is 366. The van der Waals surface area contributed by atoms with Crippen LogP contribution in [0.5, 0.6) is 0 Å². The second-order valence-corrected chi connectivity index (χ2v) is 4.38. The van der Waals surface area contributed by atoms with Crippen molar-refractivity contribution in [1.82, 2.24) is 5.32 Å². The molecular weight excluding hydrogens is 219 g/mol. The largest absolute Gasteiger partial charge is 0.324 e. The van der Waals surface area contributed by atoms with E-state index in [0.717, 1.165) is 6.54 Å². The number of benzene rings is 1. The number of hydrogen-bond acceptors (Lipinski definition) is 2. The molecule has 0 aromatic heterocycles. The lowest BCUT2D eigenvalue weighted by atomic mass is 10.2. The molecule has 0 aliphatic carbocycles. The van der Waals surface area contributed by atoms with Crippen LogP contribution in [0.1, 0.15) is 20.3 Å². The van der Waals surface area contributed by atoms with E-state index in [1.165, 1.54) is 6.07 Å². The molecule has 0 spiro atoms. The average Bonchev–Trinajstić information content (AvgIpc) is 2.27. The Balaban J connectivity index is 2.28. The average molecular weight is 238 g/mol. The van der Waals surface area contributed by atoms with Crippen molar-refractivity contribution in [2.24, 2.45) is 5.92 Å². The molecule has 0 radical (unpaired) electrons. The van der Waals surface area contributed by atoms with E-state index in [4.69, 9.17) is 0 Å². The van der Waals surface area contributed by atoms with Crippen molar-refractivity contribution in [2.75, 3.05) is 18.4 Å². The van der Waals surface area contributed by atoms with Gasteiger partial charge >= 0.3 is 0 Å². The Morgan fingerprint density at radius 2 is 2.06 bits per heavy atom. The van der Waals surface area contributed by atoms with Crippen molar-refractivity contribution in [3.8, 4) is 0 Å². The van der Waals surface area contributed by atoms with Gasteiger partial charge in [0, 0.05) is 13.0 Å². The number of hydrogen-bond donors (Lipinski definition) is 2. The highest BCUT2D eigenvalue weighted by atomic mass is 19.1. The fourth-order valence-electron chi connectivity index (χ4n) is 1.37. The highest BCUT2D eigenvalue weighted by Crippen LogP contribution is 2.12. The van der Waals surface area contributed by atoms with Gasteiger partial charge < -0.3 is 10.6 Å². The van der Waals surface area contributed by atoms with E-state index in [2.05, 4.69) is 24.5 Å². The Labute approximate surface area is 101 Å². The fourth-order valence-corrected chi connectivity index (χ4v) is 1.37. The van der Waals surface area contributed by atoms with Crippen molar-refractivity contribution >= 4 is 11.6 Å². The molecule has 0 fully saturated rings. The smallest absolute Gasteiger partial charge is 0.225 e. The lowest BCUT2D eigenvalue weighted by molar-refractivity contribution is -0.116. The number of nitrogens with one attached hydrogen (secondary N) is 2. The number of amides is 1. The Hall–Kier alpha value is -1.42. The normalized spacial score (nSPS) is 10.6. The van der Waals surface area contributed by atoms with Crippen LogP contribution in [0.25, 0.3) is 0 Å². The minimum atomic E-state index is -0.406. The van der Waals surface area contributed by atoms with Gasteiger partial charge in [-0.25, -0.2) is 4.39 Å². The first kappa shape index (κ1) is 13.6. The SMILES string of the molecule is CC(C)CNCCC(=O)Nc1ccccc1F. The second kappa shape index (κ2) is 7.01. The summed E-state index contributed by atoms with van der Waals surface area (Å²) in [4.78, 5) is 11.5. The summed E-state index contributed by atoms with van der Waals surface area (Å²) >= 11 is 0. The summed E-state index contributed by atoms with van der Waals surface area (Å²) in [6.07, 6.45) is 0.348. The van der Waals surface area contributed by atoms with Crippen molar-refractivity contribution in [3.05, 3.63) is 30.1 Å². The third kappa shape index (κ3) is 5.45. The van der Waals surface area contributed by atoms with Crippen molar-refractivity contribution in [1.29, 1.82) is 0 Å². The minimum absolute atomic E-state index is 0.175. The first-order chi connectivity index (χ1) is 8.09. The number of carbonyl (C=O) groups is 1. The molecule has 0 unspecified atom stereocenters. The summed E-state index contributed by atoms with van der Waals surface area (Å²) in [6, 6.07) is 6.16. The van der Waals surface area contributed by atoms with Gasteiger partial charge in [0.2, 0.25) is 5.91 Å². The van der Waals surface area contributed by atoms with E-state index in [0.29, 0.717) is 18.9 Å². The van der Waals surface area contributed by atoms with Gasteiger partial charge in [0.1, 0.15) is 5.82 Å². The third-order valence-electron chi connectivity index (χ3n) is 2.23. The molecule has 1 rings (SSSR count). The highest BCUT2D eigenvalue weighted by Gasteiger charge is 2.05. The molecule has 17 heavy (non-hydrogen) atoms. The van der Waals surface area contributed by atoms with Crippen LogP contribution in [0.2, 0.25) is 0 Å². The molecule has 0 atom stereocenters. The summed E-state index contributed by atoms with van der Waals surface area (Å²) in [7, 11) is 0. The maximum Gasteiger partial charge on any atom is 0.225 e. The molecule has 3 nitrogen and oxygen atoms in total. The van der Waals surface area contributed by atoms with Crippen LogP contribution in [0, 0.1) is 11.7 Å². The molecular formula is C13H19FN2O. The number of anilines is 1. The van der Waals surface area contributed by atoms with Gasteiger partial charge in [-0.2, -0.15) is 0 Å². The number of rotatable bonds is 6. The van der Waals surface area contributed by atoms with Crippen molar-refractivity contribution < 1.29 is 9.18 Å². The van der Waals surface area contributed by atoms with Crippen LogP contribution in [-0.4, -0.2) is 19.0 Å². The monoisotopic (exact) mass is 238 g/mol. The minimum Gasteiger partial charge on any atom is -0.324 e. The van der Waals surface area contributed by atoms with Crippen LogP contribution >= 0.6 is 0 Å². The predicted molar refractivity (Wildman–Crippen MR) is 67.4 cm³/mol. The molecule has 0 bridgehead atoms. The lowest BCUT2D eigenvalue weighted by Crippen LogP contribution is -2.25. The Kier molecular flexibility index (Phi) is 5.63. The van der Waals surface area contributed by atoms with E-state index in [1.54, 1.807) is 18.2 Å². The molecule has 0 saturated carbocycles. The number of halogens is 1. The van der Waals surface area contributed by atoms with E-state index >= 15 is 0 Å². The predicted octanol–water partition coefficient (Wildman–Crippen LogP) is 2.40. The van der Waals surface area contributed by atoms with Crippen molar-refractivity contribution in [2.45, 2.75) is 20.3 Å². The zero-order valence-corrected chi connectivity index (χ0v) is 10.3. The third-order valence-corrected chi connectivity index (χ3v) is 2.23. The van der Waals surface area contributed by atoms with E-state index in [1.807, 2.05) is 0 Å². The van der Waals surface area contributed by atoms with Gasteiger partial charge in [0.25, 0.3) is 0 Å². The summed E-state index contributed by atoms with van der Waals surface area (Å²) in [6.45, 7) is 5.70. The number of para-hydroxylation sites is 1. The molecule has 94 valence electrons. The van der Waals surface area contributed by atoms with E-state index < -0.39 is 5.82 Å². The van der Waals surface area contributed by atoms with E-state index in [-0.39, 0.29) is 11.6 Å². The van der Waals surface area contributed by atoms with Crippen LogP contribution in [-0.2, 0) is 4.79 Å². The van der Waals surface area contributed by atoms with Crippen LogP contribution in [0.4, 0.5) is 10.1 Å². The molecule has 1 aromatic carbocycles. The second-order valence-electron chi connectivity index (χ2n) is 4.38. The first-order valence-corrected chi connectivity index (χ1v) is 5.84. The molecule has 0 saturated heterocycles. The van der Waals surface area contributed by atoms with E-state index in [9.17, 15) is 9.18 Å². The molecule has 0 aliphatic heterocycles. The van der Waals surface area contributed by atoms with Gasteiger partial charge in [-0.15, -0.1) is 0 Å². The fraction of sp³-hybridized carbons (Fsp3) is 0.462. The van der Waals surface area contributed by atoms with Crippen LogP contribution in [0.15, 0.2) is 24.3 Å². The molecule has 0 heterocycles. The van der Waals surface area contributed by atoms with Gasteiger partial charge in [-0.3, -0.25) is 4.79 Å². The zero-order chi connectivity index (χ0) is 12.7. The van der Waals surface area contributed by atoms with Crippen LogP contribution < -0.4 is 10.6 Å². The molecule has 2 N–H and O–H groups in total. The molecule has 1 aromatic rings. The standard InChI is InChI=1S/C13H19FN2O/c1-10(2)9-15-8-7-13(17)16-12-6-4-3-5-11(12)14/h3-6,10,15H,7-9H2,1-2H3,(H,16,17). The summed E-state index contributed by atoms with van der Waals surface area (Å²) < 4.78 is 13.2. The first-order valence-electron chi connectivity index (χ1n) is 5.84. The topological polar surface area (TPSA) is 41.1 Å². The Morgan fingerprint density at radius 3 is 2.71 bits per heavy atom. The summed E-state index contributed by atoms with van der Waals surface area (Å²) in [5, 5.41) is 5.71. The zero-order valence-electron chi connectivity index (χ0n) is 10.3. The maximum absolute atomic E-state index is 13.2. The van der Waals surface area contributed by atoms with Gasteiger partial charge in [0.05, 0.1) is 5.69 Å². The highest BCUT2D eigenvalue weighted by molar-refractivity contribution is 5.90. The van der Waals surface area contributed by atoms with Crippen LogP contribution in [0.3, 0.4) is 0 Å². The summed E-state index contributed by atoms with van der Waals surface area (Å²) in [5.41, 5.74) is 0.237. The quantitative estimate of drug-likeness (QED) is 0.747. The Morgan fingerprint density at radius 1 is 1.35 bits per heavy atom.